The zero-order valence-corrected chi connectivity index (χ0v) is 12.1. The molecule has 2 aromatic rings. The first-order valence-electron chi connectivity index (χ1n) is 7.17. The Hall–Kier alpha value is -2.14. The van der Waals surface area contributed by atoms with E-state index in [1.807, 2.05) is 0 Å². The van der Waals surface area contributed by atoms with Gasteiger partial charge in [0.25, 0.3) is 0 Å². The van der Waals surface area contributed by atoms with Crippen molar-refractivity contribution in [2.45, 2.75) is 38.3 Å². The van der Waals surface area contributed by atoms with Gasteiger partial charge in [0.05, 0.1) is 18.1 Å². The number of aromatic amines is 1. The van der Waals surface area contributed by atoms with Crippen LogP contribution >= 0.6 is 0 Å². The number of aliphatic carboxylic acids is 1. The second kappa shape index (κ2) is 5.33. The summed E-state index contributed by atoms with van der Waals surface area (Å²) in [5.74, 6) is -0.356. The molecule has 0 radical (unpaired) electrons. The van der Waals surface area contributed by atoms with Crippen LogP contribution in [0.1, 0.15) is 48.3 Å². The van der Waals surface area contributed by atoms with E-state index in [0.29, 0.717) is 12.3 Å². The lowest BCUT2D eigenvalue weighted by atomic mass is 9.92. The molecule has 1 aromatic carbocycles. The van der Waals surface area contributed by atoms with Gasteiger partial charge in [0.1, 0.15) is 6.04 Å². The number of fused-ring (bicyclic) bond motifs is 1. The van der Waals surface area contributed by atoms with E-state index < -0.39 is 12.0 Å². The van der Waals surface area contributed by atoms with E-state index in [4.69, 9.17) is 0 Å². The molecule has 0 bridgehead atoms. The predicted molar refractivity (Wildman–Crippen MR) is 79.2 cm³/mol. The van der Waals surface area contributed by atoms with E-state index in [1.54, 1.807) is 6.33 Å². The first-order chi connectivity index (χ1) is 10.1. The Kier molecular flexibility index (Phi) is 3.51. The largest absolute Gasteiger partial charge is 0.480 e. The molecule has 3 rings (SSSR count). The summed E-state index contributed by atoms with van der Waals surface area (Å²) in [7, 11) is 0. The Morgan fingerprint density at radius 1 is 1.33 bits per heavy atom. The summed E-state index contributed by atoms with van der Waals surface area (Å²) >= 11 is 0. The number of nitrogens with zero attached hydrogens (tertiary/aromatic N) is 1. The molecule has 0 aliphatic carbocycles. The number of nitrogens with one attached hydrogen (secondary N) is 2. The average Bonchev–Trinajstić information content (AvgIpc) is 2.94. The highest BCUT2D eigenvalue weighted by atomic mass is 16.4. The minimum absolute atomic E-state index is 0.178. The number of aromatic nitrogens is 2. The van der Waals surface area contributed by atoms with Crippen molar-refractivity contribution in [1.82, 2.24) is 15.3 Å². The van der Waals surface area contributed by atoms with Crippen LogP contribution in [0.3, 0.4) is 0 Å². The van der Waals surface area contributed by atoms with Crippen LogP contribution in [-0.2, 0) is 11.2 Å². The monoisotopic (exact) mass is 285 g/mol. The molecule has 0 fully saturated rings. The first-order valence-corrected chi connectivity index (χ1v) is 7.17. The zero-order valence-electron chi connectivity index (χ0n) is 12.1. The molecule has 5 heteroatoms. The van der Waals surface area contributed by atoms with Crippen LogP contribution in [0.15, 0.2) is 30.6 Å². The van der Waals surface area contributed by atoms with E-state index in [-0.39, 0.29) is 6.04 Å². The lowest BCUT2D eigenvalue weighted by Crippen LogP contribution is -2.45. The maximum Gasteiger partial charge on any atom is 0.321 e. The van der Waals surface area contributed by atoms with Gasteiger partial charge in [0.15, 0.2) is 0 Å². The predicted octanol–water partition coefficient (Wildman–Crippen LogP) is 2.22. The van der Waals surface area contributed by atoms with Gasteiger partial charge >= 0.3 is 5.97 Å². The van der Waals surface area contributed by atoms with Gasteiger partial charge < -0.3 is 10.1 Å². The van der Waals surface area contributed by atoms with Crippen molar-refractivity contribution in [3.05, 3.63) is 53.1 Å². The summed E-state index contributed by atoms with van der Waals surface area (Å²) < 4.78 is 0. The van der Waals surface area contributed by atoms with Gasteiger partial charge in [-0.1, -0.05) is 38.1 Å². The second-order valence-corrected chi connectivity index (χ2v) is 5.78. The van der Waals surface area contributed by atoms with Crippen LogP contribution in [0.2, 0.25) is 0 Å². The highest BCUT2D eigenvalue weighted by Crippen LogP contribution is 2.29. The molecule has 3 N–H and O–H groups in total. The Balaban J connectivity index is 1.95. The molecule has 2 heterocycles. The Labute approximate surface area is 123 Å². The molecule has 1 aromatic heterocycles. The van der Waals surface area contributed by atoms with Crippen molar-refractivity contribution < 1.29 is 9.90 Å². The molecule has 1 aliphatic heterocycles. The van der Waals surface area contributed by atoms with Crippen molar-refractivity contribution in [1.29, 1.82) is 0 Å². The molecule has 0 spiro atoms. The third-order valence-corrected chi connectivity index (χ3v) is 4.04. The van der Waals surface area contributed by atoms with Crippen LogP contribution in [0.25, 0.3) is 0 Å². The number of benzene rings is 1. The maximum absolute atomic E-state index is 11.3. The quantitative estimate of drug-likeness (QED) is 0.808. The number of carbonyl (C=O) groups is 1. The van der Waals surface area contributed by atoms with Gasteiger partial charge in [-0.15, -0.1) is 0 Å². The minimum Gasteiger partial charge on any atom is -0.480 e. The Bertz CT molecular complexity index is 646. The number of hydrogen-bond acceptors (Lipinski definition) is 3. The topological polar surface area (TPSA) is 78.0 Å². The number of carboxylic acids is 1. The van der Waals surface area contributed by atoms with E-state index >= 15 is 0 Å². The van der Waals surface area contributed by atoms with Crippen molar-refractivity contribution in [3.8, 4) is 0 Å². The summed E-state index contributed by atoms with van der Waals surface area (Å²) in [6.45, 7) is 4.31. The van der Waals surface area contributed by atoms with Gasteiger partial charge in [-0.05, 0) is 17.0 Å². The lowest BCUT2D eigenvalue weighted by molar-refractivity contribution is -0.139. The molecule has 110 valence electrons. The van der Waals surface area contributed by atoms with Crippen LogP contribution < -0.4 is 5.32 Å². The molecule has 2 atom stereocenters. The fourth-order valence-electron chi connectivity index (χ4n) is 2.77. The third-order valence-electron chi connectivity index (χ3n) is 4.04. The van der Waals surface area contributed by atoms with Crippen molar-refractivity contribution in [2.75, 3.05) is 0 Å². The first kappa shape index (κ1) is 13.8. The normalized spacial score (nSPS) is 21.3. The smallest absolute Gasteiger partial charge is 0.321 e. The minimum atomic E-state index is -0.834. The zero-order chi connectivity index (χ0) is 15.0. The van der Waals surface area contributed by atoms with E-state index in [9.17, 15) is 9.90 Å². The van der Waals surface area contributed by atoms with Crippen LogP contribution in [0.5, 0.6) is 0 Å². The fourth-order valence-corrected chi connectivity index (χ4v) is 2.77. The van der Waals surface area contributed by atoms with Gasteiger partial charge in [0.2, 0.25) is 0 Å². The molecule has 21 heavy (non-hydrogen) atoms. The molecule has 5 nitrogen and oxygen atoms in total. The van der Waals surface area contributed by atoms with Crippen LogP contribution in [0.4, 0.5) is 0 Å². The molecular weight excluding hydrogens is 266 g/mol. The van der Waals surface area contributed by atoms with Crippen molar-refractivity contribution >= 4 is 5.97 Å². The van der Waals surface area contributed by atoms with E-state index in [1.165, 1.54) is 5.56 Å². The van der Waals surface area contributed by atoms with Crippen LogP contribution in [-0.4, -0.2) is 27.1 Å². The standard InChI is InChI=1S/C16H19N3O2/c1-9(2)10-3-5-11(6-4-10)14-15-12(17-8-18-15)7-13(19-14)16(20)21/h3-6,8-9,13-14,19H,7H2,1-2H3,(H,17,18)(H,20,21)/t13-,14+/m0/s1. The van der Waals surface area contributed by atoms with Gasteiger partial charge in [-0.3, -0.25) is 10.1 Å². The molecular formula is C16H19N3O2. The number of hydrogen-bond donors (Lipinski definition) is 3. The fraction of sp³-hybridized carbons (Fsp3) is 0.375. The molecule has 0 saturated heterocycles. The van der Waals surface area contributed by atoms with Crippen molar-refractivity contribution in [2.24, 2.45) is 0 Å². The number of imidazole rings is 1. The van der Waals surface area contributed by atoms with Crippen molar-refractivity contribution in [3.63, 3.8) is 0 Å². The van der Waals surface area contributed by atoms with Gasteiger partial charge in [-0.25, -0.2) is 4.98 Å². The summed E-state index contributed by atoms with van der Waals surface area (Å²) in [6.07, 6.45) is 2.07. The highest BCUT2D eigenvalue weighted by Gasteiger charge is 2.33. The second-order valence-electron chi connectivity index (χ2n) is 5.78. The summed E-state index contributed by atoms with van der Waals surface area (Å²) in [5, 5.41) is 12.5. The molecule has 0 saturated carbocycles. The summed E-state index contributed by atoms with van der Waals surface area (Å²) in [4.78, 5) is 18.7. The van der Waals surface area contributed by atoms with E-state index in [2.05, 4.69) is 53.4 Å². The number of rotatable bonds is 3. The molecule has 0 amide bonds. The van der Waals surface area contributed by atoms with Gasteiger partial charge in [-0.2, -0.15) is 0 Å². The maximum atomic E-state index is 11.3. The van der Waals surface area contributed by atoms with Gasteiger partial charge in [0, 0.05) is 12.1 Å². The summed E-state index contributed by atoms with van der Waals surface area (Å²) in [5.41, 5.74) is 4.11. The lowest BCUT2D eigenvalue weighted by Gasteiger charge is -2.28. The average molecular weight is 285 g/mol. The SMILES string of the molecule is CC(C)c1ccc([C@H]2N[C@H](C(=O)O)Cc3[nH]cnc32)cc1. The highest BCUT2D eigenvalue weighted by molar-refractivity contribution is 5.74. The number of carboxylic acid groups (broad SMARTS) is 1. The Morgan fingerprint density at radius 2 is 2.05 bits per heavy atom. The third kappa shape index (κ3) is 2.56. The summed E-state index contributed by atoms with van der Waals surface area (Å²) in [6, 6.07) is 7.53. The van der Waals surface area contributed by atoms with E-state index in [0.717, 1.165) is 17.0 Å². The number of H-pyrrole nitrogens is 1. The molecule has 0 unspecified atom stereocenters. The molecule has 1 aliphatic rings. The Morgan fingerprint density at radius 3 is 2.67 bits per heavy atom. The van der Waals surface area contributed by atoms with Crippen LogP contribution in [0, 0.1) is 0 Å².